The lowest BCUT2D eigenvalue weighted by molar-refractivity contribution is 0.910. The lowest BCUT2D eigenvalue weighted by atomic mass is 10.0. The van der Waals surface area contributed by atoms with Gasteiger partial charge in [-0.1, -0.05) is 35.3 Å². The molecule has 0 unspecified atom stereocenters. The predicted molar refractivity (Wildman–Crippen MR) is 94.7 cm³/mol. The van der Waals surface area contributed by atoms with Crippen molar-refractivity contribution in [3.05, 3.63) is 64.3 Å². The Morgan fingerprint density at radius 1 is 0.760 bits per heavy atom. The van der Waals surface area contributed by atoms with Gasteiger partial charge in [-0.25, -0.2) is 4.98 Å². The van der Waals surface area contributed by atoms with Crippen LogP contribution in [0.5, 0.6) is 0 Å². The van der Waals surface area contributed by atoms with Crippen LogP contribution in [0.15, 0.2) is 48.5 Å². The molecule has 0 saturated heterocycles. The minimum atomic E-state index is -1.06. The molecule has 25 heavy (non-hydrogen) atoms. The smallest absolute Gasteiger partial charge is 0.182 e. The van der Waals surface area contributed by atoms with E-state index in [2.05, 4.69) is 15.2 Å². The first-order valence-corrected chi connectivity index (χ1v) is 7.93. The summed E-state index contributed by atoms with van der Waals surface area (Å²) in [5, 5.41) is 28.1. The zero-order chi connectivity index (χ0) is 17.8. The maximum atomic E-state index is 9.29. The zero-order valence-electron chi connectivity index (χ0n) is 12.7. The molecule has 5 nitrogen and oxygen atoms in total. The molecule has 1 aromatic heterocycles. The van der Waals surface area contributed by atoms with Crippen LogP contribution in [0, 0.1) is 22.7 Å². The van der Waals surface area contributed by atoms with Gasteiger partial charge in [0.1, 0.15) is 11.4 Å². The standard InChI is InChI=1S/C18H9Cl2N5/c19-14-5-1-11(2-6-14)17-16(13(9-21)10-22)23-18(25-24-17)12-3-7-15(20)8-4-12/h1-8,13H. The lowest BCUT2D eigenvalue weighted by Crippen LogP contribution is -2.06. The summed E-state index contributed by atoms with van der Waals surface area (Å²) in [6.45, 7) is 0. The molecule has 1 heterocycles. The minimum Gasteiger partial charge on any atom is -0.227 e. The molecule has 0 aliphatic carbocycles. The summed E-state index contributed by atoms with van der Waals surface area (Å²) < 4.78 is 0. The average molecular weight is 366 g/mol. The number of hydrogen-bond acceptors (Lipinski definition) is 5. The van der Waals surface area contributed by atoms with Crippen molar-refractivity contribution in [1.82, 2.24) is 15.2 Å². The molecule has 0 radical (unpaired) electrons. The molecule has 0 aliphatic rings. The number of aromatic nitrogens is 3. The maximum Gasteiger partial charge on any atom is 0.182 e. The Labute approximate surface area is 154 Å². The molecule has 0 fully saturated rings. The van der Waals surface area contributed by atoms with E-state index in [1.165, 1.54) is 0 Å². The van der Waals surface area contributed by atoms with Crippen LogP contribution < -0.4 is 0 Å². The van der Waals surface area contributed by atoms with Gasteiger partial charge in [-0.2, -0.15) is 10.5 Å². The Balaban J connectivity index is 2.16. The van der Waals surface area contributed by atoms with Crippen LogP contribution in [-0.2, 0) is 0 Å². The Kier molecular flexibility index (Phi) is 4.90. The summed E-state index contributed by atoms with van der Waals surface area (Å²) in [5.41, 5.74) is 2.00. The van der Waals surface area contributed by atoms with Crippen molar-refractivity contribution in [1.29, 1.82) is 10.5 Å². The molecule has 2 aromatic carbocycles. The van der Waals surface area contributed by atoms with E-state index in [9.17, 15) is 10.5 Å². The van der Waals surface area contributed by atoms with Crippen LogP contribution in [-0.4, -0.2) is 15.2 Å². The fourth-order valence-corrected chi connectivity index (χ4v) is 2.48. The second-order valence-corrected chi connectivity index (χ2v) is 5.95. The highest BCUT2D eigenvalue weighted by Crippen LogP contribution is 2.28. The number of halogens is 2. The second kappa shape index (κ2) is 7.27. The normalized spacial score (nSPS) is 10.3. The molecule has 7 heteroatoms. The van der Waals surface area contributed by atoms with Crippen molar-refractivity contribution in [2.24, 2.45) is 0 Å². The number of nitrogens with zero attached hydrogens (tertiary/aromatic N) is 5. The molecule has 3 aromatic rings. The van der Waals surface area contributed by atoms with Gasteiger partial charge in [0.2, 0.25) is 0 Å². The zero-order valence-corrected chi connectivity index (χ0v) is 14.2. The largest absolute Gasteiger partial charge is 0.227 e. The third kappa shape index (κ3) is 3.59. The highest BCUT2D eigenvalue weighted by molar-refractivity contribution is 6.30. The average Bonchev–Trinajstić information content (AvgIpc) is 2.64. The van der Waals surface area contributed by atoms with E-state index in [1.807, 2.05) is 12.1 Å². The number of benzene rings is 2. The fourth-order valence-electron chi connectivity index (χ4n) is 2.23. The van der Waals surface area contributed by atoms with E-state index < -0.39 is 5.92 Å². The van der Waals surface area contributed by atoms with Crippen molar-refractivity contribution in [3.63, 3.8) is 0 Å². The van der Waals surface area contributed by atoms with Crippen molar-refractivity contribution in [2.75, 3.05) is 0 Å². The SMILES string of the molecule is N#CC(C#N)c1nc(-c2ccc(Cl)cc2)nnc1-c1ccc(Cl)cc1. The van der Waals surface area contributed by atoms with E-state index in [0.29, 0.717) is 32.7 Å². The summed E-state index contributed by atoms with van der Waals surface area (Å²) >= 11 is 11.8. The van der Waals surface area contributed by atoms with Crippen molar-refractivity contribution in [3.8, 4) is 34.8 Å². The van der Waals surface area contributed by atoms with Gasteiger partial charge in [0.15, 0.2) is 11.7 Å². The highest BCUT2D eigenvalue weighted by Gasteiger charge is 2.21. The van der Waals surface area contributed by atoms with E-state index in [4.69, 9.17) is 23.2 Å². The molecule has 120 valence electrons. The van der Waals surface area contributed by atoms with Gasteiger partial charge in [0, 0.05) is 21.2 Å². The molecule has 0 saturated carbocycles. The molecule has 0 spiro atoms. The summed E-state index contributed by atoms with van der Waals surface area (Å²) in [6, 6.07) is 17.7. The van der Waals surface area contributed by atoms with Crippen LogP contribution in [0.3, 0.4) is 0 Å². The second-order valence-electron chi connectivity index (χ2n) is 5.07. The third-order valence-corrected chi connectivity index (χ3v) is 3.97. The van der Waals surface area contributed by atoms with Gasteiger partial charge in [-0.15, -0.1) is 10.2 Å². The first-order chi connectivity index (χ1) is 12.1. The van der Waals surface area contributed by atoms with Crippen molar-refractivity contribution >= 4 is 23.2 Å². The molecule has 0 aliphatic heterocycles. The van der Waals surface area contributed by atoms with Crippen LogP contribution in [0.25, 0.3) is 22.6 Å². The Bertz CT molecular complexity index is 972. The molecule has 3 rings (SSSR count). The third-order valence-electron chi connectivity index (χ3n) is 3.47. The predicted octanol–water partition coefficient (Wildman–Crippen LogP) is 4.64. The lowest BCUT2D eigenvalue weighted by Gasteiger charge is -2.09. The van der Waals surface area contributed by atoms with Crippen molar-refractivity contribution < 1.29 is 0 Å². The summed E-state index contributed by atoms with van der Waals surface area (Å²) in [4.78, 5) is 4.42. The van der Waals surface area contributed by atoms with Crippen molar-refractivity contribution in [2.45, 2.75) is 5.92 Å². The molecule has 0 N–H and O–H groups in total. The number of rotatable bonds is 3. The van der Waals surface area contributed by atoms with E-state index in [0.717, 1.165) is 0 Å². The monoisotopic (exact) mass is 365 g/mol. The Morgan fingerprint density at radius 3 is 1.80 bits per heavy atom. The molecular formula is C18H9Cl2N5. The minimum absolute atomic E-state index is 0.257. The van der Waals surface area contributed by atoms with Crippen LogP contribution in [0.2, 0.25) is 10.0 Å². The first-order valence-electron chi connectivity index (χ1n) is 7.18. The van der Waals surface area contributed by atoms with E-state index >= 15 is 0 Å². The number of nitriles is 2. The first kappa shape index (κ1) is 16.9. The van der Waals surface area contributed by atoms with Gasteiger partial charge in [-0.05, 0) is 36.4 Å². The quantitative estimate of drug-likeness (QED) is 0.674. The summed E-state index contributed by atoms with van der Waals surface area (Å²) in [7, 11) is 0. The molecular weight excluding hydrogens is 357 g/mol. The topological polar surface area (TPSA) is 86.2 Å². The van der Waals surface area contributed by atoms with E-state index in [1.54, 1.807) is 48.5 Å². The van der Waals surface area contributed by atoms with Gasteiger partial charge in [-0.3, -0.25) is 0 Å². The Morgan fingerprint density at radius 2 is 1.28 bits per heavy atom. The van der Waals surface area contributed by atoms with Gasteiger partial charge in [0.25, 0.3) is 0 Å². The van der Waals surface area contributed by atoms with Gasteiger partial charge < -0.3 is 0 Å². The molecule has 0 bridgehead atoms. The fraction of sp³-hybridized carbons (Fsp3) is 0.0556. The van der Waals surface area contributed by atoms with Gasteiger partial charge >= 0.3 is 0 Å². The summed E-state index contributed by atoms with van der Waals surface area (Å²) in [6.07, 6.45) is 0. The van der Waals surface area contributed by atoms with Crippen LogP contribution in [0.1, 0.15) is 11.6 Å². The summed E-state index contributed by atoms with van der Waals surface area (Å²) in [5.74, 6) is -0.743. The van der Waals surface area contributed by atoms with Gasteiger partial charge in [0.05, 0.1) is 12.1 Å². The number of hydrogen-bond donors (Lipinski definition) is 0. The molecule has 0 atom stereocenters. The maximum absolute atomic E-state index is 9.29. The Hall–Kier alpha value is -2.99. The van der Waals surface area contributed by atoms with Crippen LogP contribution in [0.4, 0.5) is 0 Å². The molecule has 0 amide bonds. The van der Waals surface area contributed by atoms with Crippen LogP contribution >= 0.6 is 23.2 Å². The van der Waals surface area contributed by atoms with E-state index in [-0.39, 0.29) is 5.69 Å². The highest BCUT2D eigenvalue weighted by atomic mass is 35.5.